The molecular formula is C12H13F3N4. The van der Waals surface area contributed by atoms with Gasteiger partial charge in [-0.3, -0.25) is 0 Å². The highest BCUT2D eigenvalue weighted by Gasteiger charge is 2.56. The number of rotatable bonds is 3. The van der Waals surface area contributed by atoms with E-state index in [1.54, 1.807) is 0 Å². The summed E-state index contributed by atoms with van der Waals surface area (Å²) in [5.41, 5.74) is 2.57. The zero-order valence-corrected chi connectivity index (χ0v) is 10.4. The zero-order valence-electron chi connectivity index (χ0n) is 10.4. The summed E-state index contributed by atoms with van der Waals surface area (Å²) in [6.45, 7) is 0.802. The molecular weight excluding hydrogens is 257 g/mol. The van der Waals surface area contributed by atoms with Gasteiger partial charge in [-0.2, -0.15) is 8.78 Å². The van der Waals surface area contributed by atoms with Crippen LogP contribution in [0, 0.1) is 0 Å². The van der Waals surface area contributed by atoms with Crippen LogP contribution in [0.25, 0.3) is 0 Å². The lowest BCUT2D eigenvalue weighted by Crippen LogP contribution is -2.39. The van der Waals surface area contributed by atoms with Gasteiger partial charge in [-0.25, -0.2) is 4.39 Å². The highest BCUT2D eigenvalue weighted by Crippen LogP contribution is 2.47. The molecule has 4 nitrogen and oxygen atoms in total. The molecule has 1 aromatic carbocycles. The van der Waals surface area contributed by atoms with Gasteiger partial charge < -0.3 is 10.3 Å². The predicted octanol–water partition coefficient (Wildman–Crippen LogP) is 2.37. The van der Waals surface area contributed by atoms with E-state index in [-0.39, 0.29) is 11.3 Å². The number of anilines is 1. The number of aryl methyl sites for hydroxylation is 1. The highest BCUT2D eigenvalue weighted by molar-refractivity contribution is 5.43. The molecule has 2 rings (SSSR count). The van der Waals surface area contributed by atoms with Crippen LogP contribution in [0.4, 0.5) is 18.9 Å². The SMILES string of the molecule is Cn1cnnc1C(F)(F)[C@@](C)(F)c1cccc(N)c1. The molecule has 102 valence electrons. The predicted molar refractivity (Wildman–Crippen MR) is 64.2 cm³/mol. The number of hydrogen-bond acceptors (Lipinski definition) is 3. The highest BCUT2D eigenvalue weighted by atomic mass is 19.3. The molecule has 0 radical (unpaired) electrons. The standard InChI is InChI=1S/C12H13F3N4/c1-11(13,8-4-3-5-9(16)6-8)12(14,15)10-18-17-7-19(10)2/h3-7H,16H2,1-2H3/t11-/m0/s1. The third-order valence-electron chi connectivity index (χ3n) is 3.01. The normalized spacial score (nSPS) is 15.2. The Kier molecular flexibility index (Phi) is 3.00. The van der Waals surface area contributed by atoms with Gasteiger partial charge in [-0.05, 0) is 24.6 Å². The average molecular weight is 270 g/mol. The maximum atomic E-state index is 14.6. The third-order valence-corrected chi connectivity index (χ3v) is 3.01. The second-order valence-corrected chi connectivity index (χ2v) is 4.47. The van der Waals surface area contributed by atoms with Crippen molar-refractivity contribution in [1.29, 1.82) is 0 Å². The van der Waals surface area contributed by atoms with Crippen molar-refractivity contribution in [3.05, 3.63) is 42.0 Å². The monoisotopic (exact) mass is 270 g/mol. The first-order chi connectivity index (χ1) is 8.76. The topological polar surface area (TPSA) is 56.7 Å². The smallest absolute Gasteiger partial charge is 0.343 e. The Labute approximate surface area is 108 Å². The fourth-order valence-corrected chi connectivity index (χ4v) is 1.79. The lowest BCUT2D eigenvalue weighted by molar-refractivity contribution is -0.149. The molecule has 0 fully saturated rings. The first-order valence-electron chi connectivity index (χ1n) is 5.54. The van der Waals surface area contributed by atoms with Crippen LogP contribution >= 0.6 is 0 Å². The number of alkyl halides is 3. The molecule has 0 aliphatic heterocycles. The summed E-state index contributed by atoms with van der Waals surface area (Å²) < 4.78 is 44.2. The Morgan fingerprint density at radius 1 is 1.26 bits per heavy atom. The van der Waals surface area contributed by atoms with Crippen molar-refractivity contribution < 1.29 is 13.2 Å². The molecule has 2 aromatic rings. The minimum atomic E-state index is -3.83. The van der Waals surface area contributed by atoms with E-state index in [0.29, 0.717) is 0 Å². The van der Waals surface area contributed by atoms with Gasteiger partial charge in [0.2, 0.25) is 11.5 Å². The summed E-state index contributed by atoms with van der Waals surface area (Å²) in [7, 11) is 1.33. The van der Waals surface area contributed by atoms with Gasteiger partial charge in [0.1, 0.15) is 6.33 Å². The molecule has 7 heteroatoms. The van der Waals surface area contributed by atoms with E-state index in [1.165, 1.54) is 31.3 Å². The molecule has 0 aliphatic rings. The van der Waals surface area contributed by atoms with Gasteiger partial charge >= 0.3 is 5.92 Å². The van der Waals surface area contributed by atoms with E-state index in [2.05, 4.69) is 10.2 Å². The molecule has 2 N–H and O–H groups in total. The minimum Gasteiger partial charge on any atom is -0.399 e. The maximum absolute atomic E-state index is 14.6. The number of aromatic nitrogens is 3. The summed E-state index contributed by atoms with van der Waals surface area (Å²) >= 11 is 0. The van der Waals surface area contributed by atoms with Crippen molar-refractivity contribution in [2.24, 2.45) is 7.05 Å². The van der Waals surface area contributed by atoms with Crippen LogP contribution in [-0.4, -0.2) is 14.8 Å². The number of benzene rings is 1. The van der Waals surface area contributed by atoms with E-state index in [0.717, 1.165) is 17.8 Å². The molecule has 0 unspecified atom stereocenters. The lowest BCUT2D eigenvalue weighted by Gasteiger charge is -2.29. The fraction of sp³-hybridized carbons (Fsp3) is 0.333. The van der Waals surface area contributed by atoms with Crippen LogP contribution in [0.15, 0.2) is 30.6 Å². The Balaban J connectivity index is 2.52. The Morgan fingerprint density at radius 3 is 2.47 bits per heavy atom. The molecule has 1 atom stereocenters. The van der Waals surface area contributed by atoms with Crippen molar-refractivity contribution in [2.45, 2.75) is 18.5 Å². The minimum absolute atomic E-state index is 0.208. The van der Waals surface area contributed by atoms with E-state index >= 15 is 0 Å². The van der Waals surface area contributed by atoms with Gasteiger partial charge in [0, 0.05) is 12.7 Å². The molecule has 19 heavy (non-hydrogen) atoms. The molecule has 1 aromatic heterocycles. The lowest BCUT2D eigenvalue weighted by atomic mass is 9.90. The number of nitrogens with two attached hydrogens (primary N) is 1. The maximum Gasteiger partial charge on any atom is 0.343 e. The molecule has 0 aliphatic carbocycles. The summed E-state index contributed by atoms with van der Waals surface area (Å²) in [6, 6.07) is 5.38. The molecule has 0 spiro atoms. The largest absolute Gasteiger partial charge is 0.399 e. The van der Waals surface area contributed by atoms with Crippen LogP contribution in [0.3, 0.4) is 0 Å². The van der Waals surface area contributed by atoms with Crippen LogP contribution in [0.1, 0.15) is 18.3 Å². The van der Waals surface area contributed by atoms with Crippen molar-refractivity contribution in [3.63, 3.8) is 0 Å². The summed E-state index contributed by atoms with van der Waals surface area (Å²) in [6.07, 6.45) is 1.10. The van der Waals surface area contributed by atoms with E-state index in [1.807, 2.05) is 0 Å². The van der Waals surface area contributed by atoms with Crippen molar-refractivity contribution in [3.8, 4) is 0 Å². The van der Waals surface area contributed by atoms with Crippen LogP contribution in [-0.2, 0) is 18.6 Å². The summed E-state index contributed by atoms with van der Waals surface area (Å²) in [5.74, 6) is -4.56. The van der Waals surface area contributed by atoms with Crippen LogP contribution < -0.4 is 5.73 Å². The second kappa shape index (κ2) is 4.25. The van der Waals surface area contributed by atoms with Crippen LogP contribution in [0.5, 0.6) is 0 Å². The van der Waals surface area contributed by atoms with E-state index < -0.39 is 17.4 Å². The fourth-order valence-electron chi connectivity index (χ4n) is 1.79. The number of nitrogen functional groups attached to an aromatic ring is 1. The van der Waals surface area contributed by atoms with Crippen molar-refractivity contribution >= 4 is 5.69 Å². The van der Waals surface area contributed by atoms with E-state index in [9.17, 15) is 13.2 Å². The Bertz CT molecular complexity index is 592. The number of halogens is 3. The molecule has 0 bridgehead atoms. The number of hydrogen-bond donors (Lipinski definition) is 1. The van der Waals surface area contributed by atoms with Crippen molar-refractivity contribution in [2.75, 3.05) is 5.73 Å². The van der Waals surface area contributed by atoms with Gasteiger partial charge in [0.15, 0.2) is 0 Å². The summed E-state index contributed by atoms with van der Waals surface area (Å²) in [5, 5.41) is 6.65. The third kappa shape index (κ3) is 2.05. The quantitative estimate of drug-likeness (QED) is 0.871. The van der Waals surface area contributed by atoms with Crippen molar-refractivity contribution in [1.82, 2.24) is 14.8 Å². The molecule has 0 amide bonds. The Hall–Kier alpha value is -2.05. The average Bonchev–Trinajstić information content (AvgIpc) is 2.75. The van der Waals surface area contributed by atoms with Gasteiger partial charge in [0.25, 0.3) is 0 Å². The first kappa shape index (κ1) is 13.4. The van der Waals surface area contributed by atoms with E-state index in [4.69, 9.17) is 5.73 Å². The zero-order chi connectivity index (χ0) is 14.3. The first-order valence-corrected chi connectivity index (χ1v) is 5.54. The van der Waals surface area contributed by atoms with Gasteiger partial charge in [-0.15, -0.1) is 10.2 Å². The Morgan fingerprint density at radius 2 is 1.95 bits per heavy atom. The molecule has 0 saturated heterocycles. The van der Waals surface area contributed by atoms with Crippen LogP contribution in [0.2, 0.25) is 0 Å². The summed E-state index contributed by atoms with van der Waals surface area (Å²) in [4.78, 5) is 0. The molecule has 1 heterocycles. The second-order valence-electron chi connectivity index (χ2n) is 4.47. The van der Waals surface area contributed by atoms with Gasteiger partial charge in [0.05, 0.1) is 0 Å². The number of nitrogens with zero attached hydrogens (tertiary/aromatic N) is 3. The van der Waals surface area contributed by atoms with Gasteiger partial charge in [-0.1, -0.05) is 12.1 Å². The molecule has 0 saturated carbocycles.